The fourth-order valence-electron chi connectivity index (χ4n) is 2.41. The van der Waals surface area contributed by atoms with Crippen molar-refractivity contribution in [1.82, 2.24) is 16.0 Å². The van der Waals surface area contributed by atoms with Gasteiger partial charge in [0, 0.05) is 30.3 Å². The fourth-order valence-corrected chi connectivity index (χ4v) is 2.41. The van der Waals surface area contributed by atoms with Gasteiger partial charge in [0.1, 0.15) is 6.04 Å². The standard InChI is InChI=1S/C15H20N4O4.ClH/c1-10(14(20)18-12-5-3-7-16-9-12)17-15(21)11-4-2-6-13(8-11)19(22)23;/h2,4,6,8,10,12,16H,3,5,7,9H2,1H3,(H,17,21)(H,18,20);1H/t10?,12-;/m0./s1. The van der Waals surface area contributed by atoms with Crippen LogP contribution in [0.2, 0.25) is 0 Å². The topological polar surface area (TPSA) is 113 Å². The first kappa shape index (κ1) is 19.9. The average Bonchev–Trinajstić information content (AvgIpc) is 2.55. The molecule has 0 bridgehead atoms. The van der Waals surface area contributed by atoms with Crippen LogP contribution in [0.5, 0.6) is 0 Å². The van der Waals surface area contributed by atoms with Crippen molar-refractivity contribution in [2.45, 2.75) is 31.8 Å². The molecule has 1 aromatic rings. The van der Waals surface area contributed by atoms with Crippen molar-refractivity contribution in [3.05, 3.63) is 39.9 Å². The number of carbonyl (C=O) groups excluding carboxylic acids is 2. The lowest BCUT2D eigenvalue weighted by Gasteiger charge is -2.25. The number of amides is 2. The number of rotatable bonds is 5. The number of halogens is 1. The first-order valence-corrected chi connectivity index (χ1v) is 7.54. The quantitative estimate of drug-likeness (QED) is 0.538. The lowest BCUT2D eigenvalue weighted by atomic mass is 10.1. The Kier molecular flexibility index (Phi) is 7.60. The third-order valence-electron chi connectivity index (χ3n) is 3.70. The van der Waals surface area contributed by atoms with Gasteiger partial charge in [0.25, 0.3) is 11.6 Å². The number of hydrogen-bond donors (Lipinski definition) is 3. The summed E-state index contributed by atoms with van der Waals surface area (Å²) in [5.74, 6) is -0.782. The van der Waals surface area contributed by atoms with E-state index in [-0.39, 0.29) is 35.6 Å². The molecule has 2 amide bonds. The molecule has 1 heterocycles. The maximum Gasteiger partial charge on any atom is 0.270 e. The van der Waals surface area contributed by atoms with Gasteiger partial charge >= 0.3 is 0 Å². The third-order valence-corrected chi connectivity index (χ3v) is 3.70. The van der Waals surface area contributed by atoms with Crippen LogP contribution in [0.25, 0.3) is 0 Å². The van der Waals surface area contributed by atoms with Crippen LogP contribution in [-0.2, 0) is 4.79 Å². The molecule has 1 aliphatic heterocycles. The minimum absolute atomic E-state index is 0. The molecule has 8 nitrogen and oxygen atoms in total. The zero-order chi connectivity index (χ0) is 16.8. The molecule has 1 saturated heterocycles. The fraction of sp³-hybridized carbons (Fsp3) is 0.467. The van der Waals surface area contributed by atoms with Gasteiger partial charge in [0.2, 0.25) is 5.91 Å². The van der Waals surface area contributed by atoms with Crippen molar-refractivity contribution in [2.75, 3.05) is 13.1 Å². The molecule has 1 aromatic carbocycles. The Morgan fingerprint density at radius 3 is 2.79 bits per heavy atom. The second-order valence-corrected chi connectivity index (χ2v) is 5.55. The number of nitrogens with one attached hydrogen (secondary N) is 3. The van der Waals surface area contributed by atoms with Gasteiger partial charge in [-0.1, -0.05) is 6.07 Å². The summed E-state index contributed by atoms with van der Waals surface area (Å²) in [4.78, 5) is 34.4. The first-order chi connectivity index (χ1) is 11.0. The molecule has 0 spiro atoms. The number of nitro groups is 1. The van der Waals surface area contributed by atoms with Crippen LogP contribution in [0.1, 0.15) is 30.1 Å². The minimum Gasteiger partial charge on any atom is -0.350 e. The molecule has 2 atom stereocenters. The highest BCUT2D eigenvalue weighted by Crippen LogP contribution is 2.13. The molecule has 0 aliphatic carbocycles. The van der Waals surface area contributed by atoms with Crippen LogP contribution in [-0.4, -0.2) is 41.9 Å². The predicted molar refractivity (Wildman–Crippen MR) is 91.3 cm³/mol. The molecule has 1 aliphatic rings. The Bertz CT molecular complexity index is 605. The summed E-state index contributed by atoms with van der Waals surface area (Å²) >= 11 is 0. The summed E-state index contributed by atoms with van der Waals surface area (Å²) in [5, 5.41) is 19.4. The number of nitrogens with zero attached hydrogens (tertiary/aromatic N) is 1. The van der Waals surface area contributed by atoms with Gasteiger partial charge in [-0.2, -0.15) is 0 Å². The molecular weight excluding hydrogens is 336 g/mol. The van der Waals surface area contributed by atoms with Crippen LogP contribution >= 0.6 is 12.4 Å². The lowest BCUT2D eigenvalue weighted by Crippen LogP contribution is -2.52. The summed E-state index contributed by atoms with van der Waals surface area (Å²) < 4.78 is 0. The van der Waals surface area contributed by atoms with Crippen molar-refractivity contribution in [1.29, 1.82) is 0 Å². The second-order valence-electron chi connectivity index (χ2n) is 5.55. The van der Waals surface area contributed by atoms with Crippen LogP contribution in [0, 0.1) is 10.1 Å². The Labute approximate surface area is 145 Å². The van der Waals surface area contributed by atoms with E-state index < -0.39 is 16.9 Å². The molecule has 0 saturated carbocycles. The monoisotopic (exact) mass is 356 g/mol. The summed E-state index contributed by atoms with van der Waals surface area (Å²) in [5.41, 5.74) is -0.0128. The molecule has 0 aromatic heterocycles. The number of piperidine rings is 1. The van der Waals surface area contributed by atoms with Gasteiger partial charge < -0.3 is 16.0 Å². The Hall–Kier alpha value is -2.19. The van der Waals surface area contributed by atoms with Crippen LogP contribution in [0.3, 0.4) is 0 Å². The van der Waals surface area contributed by atoms with E-state index in [1.54, 1.807) is 6.92 Å². The van der Waals surface area contributed by atoms with Crippen LogP contribution < -0.4 is 16.0 Å². The molecule has 3 N–H and O–H groups in total. The van der Waals surface area contributed by atoms with E-state index in [4.69, 9.17) is 0 Å². The Morgan fingerprint density at radius 1 is 1.42 bits per heavy atom. The second kappa shape index (κ2) is 9.19. The highest BCUT2D eigenvalue weighted by Gasteiger charge is 2.21. The number of benzene rings is 1. The summed E-state index contributed by atoms with van der Waals surface area (Å²) in [6.07, 6.45) is 1.91. The van der Waals surface area contributed by atoms with Crippen molar-refractivity contribution in [3.63, 3.8) is 0 Å². The van der Waals surface area contributed by atoms with Gasteiger partial charge in [0.15, 0.2) is 0 Å². The highest BCUT2D eigenvalue weighted by molar-refractivity contribution is 5.97. The maximum absolute atomic E-state index is 12.1. The van der Waals surface area contributed by atoms with Gasteiger partial charge in [-0.15, -0.1) is 12.4 Å². The molecule has 1 unspecified atom stereocenters. The summed E-state index contributed by atoms with van der Waals surface area (Å²) in [7, 11) is 0. The Balaban J connectivity index is 0.00000288. The van der Waals surface area contributed by atoms with E-state index in [1.807, 2.05) is 0 Å². The predicted octanol–water partition coefficient (Wildman–Crippen LogP) is 1.00. The van der Waals surface area contributed by atoms with E-state index in [9.17, 15) is 19.7 Å². The van der Waals surface area contributed by atoms with Gasteiger partial charge in [-0.3, -0.25) is 19.7 Å². The van der Waals surface area contributed by atoms with Crippen LogP contribution in [0.15, 0.2) is 24.3 Å². The molecule has 1 fully saturated rings. The van der Waals surface area contributed by atoms with E-state index in [0.717, 1.165) is 25.9 Å². The number of hydrogen-bond acceptors (Lipinski definition) is 5. The number of non-ortho nitro benzene ring substituents is 1. The number of nitro benzene ring substituents is 1. The van der Waals surface area contributed by atoms with Gasteiger partial charge in [-0.25, -0.2) is 0 Å². The zero-order valence-electron chi connectivity index (χ0n) is 13.3. The van der Waals surface area contributed by atoms with Gasteiger partial charge in [0.05, 0.1) is 4.92 Å². The van der Waals surface area contributed by atoms with Crippen molar-refractivity contribution in [2.24, 2.45) is 0 Å². The largest absolute Gasteiger partial charge is 0.350 e. The molecule has 0 radical (unpaired) electrons. The van der Waals surface area contributed by atoms with E-state index >= 15 is 0 Å². The first-order valence-electron chi connectivity index (χ1n) is 7.54. The molecule has 24 heavy (non-hydrogen) atoms. The SMILES string of the molecule is CC(NC(=O)c1cccc([N+](=O)[O-])c1)C(=O)N[C@H]1CCCNC1.Cl. The molecule has 132 valence electrons. The van der Waals surface area contributed by atoms with E-state index in [0.29, 0.717) is 0 Å². The summed E-state index contributed by atoms with van der Waals surface area (Å²) in [6, 6.07) is 4.74. The van der Waals surface area contributed by atoms with Gasteiger partial charge in [-0.05, 0) is 32.4 Å². The van der Waals surface area contributed by atoms with Crippen molar-refractivity contribution < 1.29 is 14.5 Å². The van der Waals surface area contributed by atoms with Crippen molar-refractivity contribution in [3.8, 4) is 0 Å². The zero-order valence-corrected chi connectivity index (χ0v) is 14.1. The van der Waals surface area contributed by atoms with E-state index in [2.05, 4.69) is 16.0 Å². The Morgan fingerprint density at radius 2 is 2.17 bits per heavy atom. The molecular formula is C15H21ClN4O4. The number of carbonyl (C=O) groups is 2. The molecule has 2 rings (SSSR count). The van der Waals surface area contributed by atoms with E-state index in [1.165, 1.54) is 24.3 Å². The van der Waals surface area contributed by atoms with Crippen molar-refractivity contribution >= 4 is 29.9 Å². The molecule has 9 heteroatoms. The smallest absolute Gasteiger partial charge is 0.270 e. The minimum atomic E-state index is -0.719. The highest BCUT2D eigenvalue weighted by atomic mass is 35.5. The third kappa shape index (κ3) is 5.47. The maximum atomic E-state index is 12.1. The average molecular weight is 357 g/mol. The lowest BCUT2D eigenvalue weighted by molar-refractivity contribution is -0.384. The summed E-state index contributed by atoms with van der Waals surface area (Å²) in [6.45, 7) is 3.25. The normalized spacial score (nSPS) is 18.0. The van der Waals surface area contributed by atoms with Crippen LogP contribution in [0.4, 0.5) is 5.69 Å².